The average Bonchev–Trinajstić information content (AvgIpc) is 2.15. The Balaban J connectivity index is 0. The zero-order valence-electron chi connectivity index (χ0n) is 12.5. The van der Waals surface area contributed by atoms with E-state index in [4.69, 9.17) is 0 Å². The van der Waals surface area contributed by atoms with Gasteiger partial charge in [0.1, 0.15) is 0 Å². The molecule has 0 aliphatic heterocycles. The molecule has 0 aromatic carbocycles. The van der Waals surface area contributed by atoms with Gasteiger partial charge in [0.15, 0.2) is 0 Å². The molecule has 0 heterocycles. The first kappa shape index (κ1) is 18.3. The SMILES string of the molecule is CC(C)=C(Br)C(C)C.CC(C)=C(C)C(C)C. The monoisotopic (exact) mass is 288 g/mol. The first-order valence-corrected chi connectivity index (χ1v) is 6.87. The quantitative estimate of drug-likeness (QED) is 0.521. The molecule has 0 aromatic rings. The van der Waals surface area contributed by atoms with Gasteiger partial charge in [-0.2, -0.15) is 0 Å². The molecule has 0 aromatic heterocycles. The van der Waals surface area contributed by atoms with Crippen molar-refractivity contribution < 1.29 is 0 Å². The van der Waals surface area contributed by atoms with E-state index >= 15 is 0 Å². The van der Waals surface area contributed by atoms with Crippen molar-refractivity contribution in [2.75, 3.05) is 0 Å². The molecular formula is C15H29Br. The Morgan fingerprint density at radius 3 is 1.06 bits per heavy atom. The number of hydrogen-bond acceptors (Lipinski definition) is 0. The zero-order valence-corrected chi connectivity index (χ0v) is 14.1. The van der Waals surface area contributed by atoms with Gasteiger partial charge in [-0.25, -0.2) is 0 Å². The number of allylic oxidation sites excluding steroid dienone is 4. The fraction of sp³-hybridized carbons (Fsp3) is 0.733. The van der Waals surface area contributed by atoms with Gasteiger partial charge in [0.2, 0.25) is 0 Å². The van der Waals surface area contributed by atoms with Gasteiger partial charge in [-0.3, -0.25) is 0 Å². The van der Waals surface area contributed by atoms with Crippen molar-refractivity contribution >= 4 is 15.9 Å². The molecule has 0 saturated carbocycles. The van der Waals surface area contributed by atoms with Gasteiger partial charge < -0.3 is 0 Å². The molecule has 0 bridgehead atoms. The fourth-order valence-corrected chi connectivity index (χ4v) is 1.15. The van der Waals surface area contributed by atoms with Crippen molar-refractivity contribution in [3.63, 3.8) is 0 Å². The second-order valence-corrected chi connectivity index (χ2v) is 6.19. The van der Waals surface area contributed by atoms with Crippen LogP contribution in [0.4, 0.5) is 0 Å². The molecule has 0 N–H and O–H groups in total. The maximum atomic E-state index is 3.49. The minimum absolute atomic E-state index is 0.639. The van der Waals surface area contributed by atoms with E-state index in [9.17, 15) is 0 Å². The van der Waals surface area contributed by atoms with Gasteiger partial charge >= 0.3 is 0 Å². The van der Waals surface area contributed by atoms with E-state index in [1.165, 1.54) is 21.2 Å². The van der Waals surface area contributed by atoms with Crippen LogP contribution in [0.25, 0.3) is 0 Å². The summed E-state index contributed by atoms with van der Waals surface area (Å²) in [7, 11) is 0. The summed E-state index contributed by atoms with van der Waals surface area (Å²) in [4.78, 5) is 0. The van der Waals surface area contributed by atoms with Crippen LogP contribution in [0.1, 0.15) is 62.3 Å². The Hall–Kier alpha value is -0.0400. The molecule has 0 unspecified atom stereocenters. The Morgan fingerprint density at radius 1 is 0.688 bits per heavy atom. The topological polar surface area (TPSA) is 0 Å². The predicted molar refractivity (Wildman–Crippen MR) is 81.0 cm³/mol. The highest BCUT2D eigenvalue weighted by molar-refractivity contribution is 9.11. The molecule has 96 valence electrons. The number of rotatable bonds is 2. The van der Waals surface area contributed by atoms with Crippen molar-refractivity contribution in [3.8, 4) is 0 Å². The molecule has 0 radical (unpaired) electrons. The van der Waals surface area contributed by atoms with E-state index in [2.05, 4.69) is 78.2 Å². The average molecular weight is 289 g/mol. The smallest absolute Gasteiger partial charge is 0.00374 e. The van der Waals surface area contributed by atoms with Gasteiger partial charge in [0.25, 0.3) is 0 Å². The summed E-state index contributed by atoms with van der Waals surface area (Å²) in [5, 5.41) is 0. The lowest BCUT2D eigenvalue weighted by atomic mass is 10.0. The Bertz CT molecular complexity index is 219. The highest BCUT2D eigenvalue weighted by atomic mass is 79.9. The molecule has 1 heteroatoms. The number of halogens is 1. The molecule has 0 saturated heterocycles. The summed E-state index contributed by atoms with van der Waals surface area (Å²) < 4.78 is 1.33. The molecular weight excluding hydrogens is 260 g/mol. The second kappa shape index (κ2) is 9.04. The summed E-state index contributed by atoms with van der Waals surface area (Å²) in [6, 6.07) is 0. The van der Waals surface area contributed by atoms with Crippen LogP contribution in [0.5, 0.6) is 0 Å². The maximum Gasteiger partial charge on any atom is -0.00374 e. The van der Waals surface area contributed by atoms with Crippen LogP contribution in [-0.2, 0) is 0 Å². The van der Waals surface area contributed by atoms with Crippen LogP contribution in [0.2, 0.25) is 0 Å². The Kier molecular flexibility index (Phi) is 10.4. The van der Waals surface area contributed by atoms with Crippen LogP contribution in [0.15, 0.2) is 21.2 Å². The highest BCUT2D eigenvalue weighted by Crippen LogP contribution is 2.20. The van der Waals surface area contributed by atoms with Crippen LogP contribution >= 0.6 is 15.9 Å². The minimum atomic E-state index is 0.639. The first-order valence-electron chi connectivity index (χ1n) is 6.08. The third-order valence-electron chi connectivity index (χ3n) is 2.64. The first-order chi connectivity index (χ1) is 7.11. The molecule has 0 aliphatic carbocycles. The van der Waals surface area contributed by atoms with Gasteiger partial charge in [-0.15, -0.1) is 0 Å². The minimum Gasteiger partial charge on any atom is -0.0773 e. The Morgan fingerprint density at radius 2 is 1.06 bits per heavy atom. The molecule has 0 rings (SSSR count). The highest BCUT2D eigenvalue weighted by Gasteiger charge is 1.98. The molecule has 0 nitrogen and oxygen atoms in total. The van der Waals surface area contributed by atoms with Crippen molar-refractivity contribution in [2.45, 2.75) is 62.3 Å². The maximum absolute atomic E-state index is 3.49. The van der Waals surface area contributed by atoms with E-state index in [1.807, 2.05) is 0 Å². The molecule has 0 aliphatic rings. The van der Waals surface area contributed by atoms with Crippen LogP contribution in [-0.4, -0.2) is 0 Å². The molecule has 0 fully saturated rings. The summed E-state index contributed by atoms with van der Waals surface area (Å²) in [6.07, 6.45) is 0. The van der Waals surface area contributed by atoms with Gasteiger partial charge in [-0.05, 0) is 50.9 Å². The normalized spacial score (nSPS) is 9.75. The van der Waals surface area contributed by atoms with Crippen molar-refractivity contribution in [3.05, 3.63) is 21.2 Å². The van der Waals surface area contributed by atoms with Gasteiger partial charge in [0.05, 0.1) is 0 Å². The summed E-state index contributed by atoms with van der Waals surface area (Å²) in [6.45, 7) is 19.6. The zero-order chi connectivity index (χ0) is 13.5. The van der Waals surface area contributed by atoms with E-state index < -0.39 is 0 Å². The van der Waals surface area contributed by atoms with Crippen molar-refractivity contribution in [2.24, 2.45) is 11.8 Å². The largest absolute Gasteiger partial charge is 0.0773 e. The van der Waals surface area contributed by atoms with Crippen molar-refractivity contribution in [1.82, 2.24) is 0 Å². The van der Waals surface area contributed by atoms with E-state index in [0.29, 0.717) is 5.92 Å². The second-order valence-electron chi connectivity index (χ2n) is 5.34. The lowest BCUT2D eigenvalue weighted by Crippen LogP contribution is -1.89. The summed E-state index contributed by atoms with van der Waals surface area (Å²) in [5.74, 6) is 1.36. The van der Waals surface area contributed by atoms with Gasteiger partial charge in [0, 0.05) is 0 Å². The van der Waals surface area contributed by atoms with Crippen LogP contribution < -0.4 is 0 Å². The third-order valence-corrected chi connectivity index (χ3v) is 4.35. The standard InChI is InChI=1S/C8H16.C7H13Br/c1-6(2)8(5)7(3)4;1-5(2)7(8)6(3)4/h6H,1-5H3;5H,1-4H3. The molecule has 16 heavy (non-hydrogen) atoms. The summed E-state index contributed by atoms with van der Waals surface area (Å²) in [5.41, 5.74) is 4.35. The fourth-order valence-electron chi connectivity index (χ4n) is 1.15. The van der Waals surface area contributed by atoms with E-state index in [0.717, 1.165) is 5.92 Å². The Labute approximate surface area is 111 Å². The molecule has 0 atom stereocenters. The number of hydrogen-bond donors (Lipinski definition) is 0. The van der Waals surface area contributed by atoms with E-state index in [-0.39, 0.29) is 0 Å². The lowest BCUT2D eigenvalue weighted by Gasteiger charge is -2.05. The third kappa shape index (κ3) is 9.21. The molecule has 0 amide bonds. The van der Waals surface area contributed by atoms with Crippen LogP contribution in [0.3, 0.4) is 0 Å². The lowest BCUT2D eigenvalue weighted by molar-refractivity contribution is 0.756. The predicted octanol–water partition coefficient (Wildman–Crippen LogP) is 6.33. The van der Waals surface area contributed by atoms with Gasteiger partial charge in [-0.1, -0.05) is 60.3 Å². The van der Waals surface area contributed by atoms with Crippen molar-refractivity contribution in [1.29, 1.82) is 0 Å². The molecule has 0 spiro atoms. The van der Waals surface area contributed by atoms with Crippen LogP contribution in [0, 0.1) is 11.8 Å². The summed E-state index contributed by atoms with van der Waals surface area (Å²) >= 11 is 3.49. The van der Waals surface area contributed by atoms with E-state index in [1.54, 1.807) is 0 Å².